The van der Waals surface area contributed by atoms with E-state index in [-0.39, 0.29) is 11.1 Å². The lowest BCUT2D eigenvalue weighted by Crippen LogP contribution is -2.02. The third-order valence-electron chi connectivity index (χ3n) is 1.16. The van der Waals surface area contributed by atoms with E-state index in [0.717, 1.165) is 0 Å². The lowest BCUT2D eigenvalue weighted by Gasteiger charge is -2.02. The van der Waals surface area contributed by atoms with E-state index in [4.69, 9.17) is 28.4 Å². The summed E-state index contributed by atoms with van der Waals surface area (Å²) in [7, 11) is 0. The molecule has 0 aliphatic carbocycles. The summed E-state index contributed by atoms with van der Waals surface area (Å²) in [5, 5.41) is 11.6. The average Bonchev–Trinajstić information content (AvgIpc) is 2.12. The van der Waals surface area contributed by atoms with Crippen LogP contribution < -0.4 is 0 Å². The molecule has 0 fully saturated rings. The number of hydrogen-bond acceptors (Lipinski definition) is 2. The van der Waals surface area contributed by atoms with E-state index in [1.54, 1.807) is 6.08 Å². The molecule has 12 heavy (non-hydrogen) atoms. The van der Waals surface area contributed by atoms with Crippen molar-refractivity contribution in [1.82, 2.24) is 0 Å². The molecule has 0 aliphatic heterocycles. The molecule has 1 N–H and O–H groups in total. The number of halogens is 2. The minimum Gasteiger partial charge on any atom is -0.410 e. The molecule has 4 heteroatoms. The SMILES string of the molecule is C=CC(Cl)=CC(C=C)/C(Cl)=N/O. The zero-order valence-corrected chi connectivity index (χ0v) is 7.89. The van der Waals surface area contributed by atoms with Gasteiger partial charge in [-0.05, 0) is 0 Å². The highest BCUT2D eigenvalue weighted by atomic mass is 35.5. The monoisotopic (exact) mass is 205 g/mol. The van der Waals surface area contributed by atoms with E-state index in [9.17, 15) is 0 Å². The standard InChI is InChI=1S/C8H9Cl2NO/c1-3-6(8(10)11-12)5-7(9)4-2/h3-6,12H,1-2H2/b7-5?,11-8-. The van der Waals surface area contributed by atoms with Crippen molar-refractivity contribution >= 4 is 28.4 Å². The van der Waals surface area contributed by atoms with Crippen LogP contribution in [0.15, 0.2) is 41.6 Å². The van der Waals surface area contributed by atoms with Crippen molar-refractivity contribution in [3.63, 3.8) is 0 Å². The Hall–Kier alpha value is -0.730. The molecule has 0 radical (unpaired) electrons. The molecule has 66 valence electrons. The summed E-state index contributed by atoms with van der Waals surface area (Å²) in [6.07, 6.45) is 4.54. The van der Waals surface area contributed by atoms with Gasteiger partial charge in [0.25, 0.3) is 0 Å². The molecule has 1 unspecified atom stereocenters. The Labute approximate surface area is 81.5 Å². The van der Waals surface area contributed by atoms with Crippen LogP contribution in [0.25, 0.3) is 0 Å². The Kier molecular flexibility index (Phi) is 5.51. The minimum atomic E-state index is -0.373. The van der Waals surface area contributed by atoms with Crippen molar-refractivity contribution in [2.24, 2.45) is 11.1 Å². The highest BCUT2D eigenvalue weighted by Gasteiger charge is 2.07. The topological polar surface area (TPSA) is 32.6 Å². The Morgan fingerprint density at radius 1 is 1.42 bits per heavy atom. The minimum absolute atomic E-state index is 0.0185. The molecule has 0 aromatic carbocycles. The van der Waals surface area contributed by atoms with Gasteiger partial charge in [0.2, 0.25) is 0 Å². The predicted molar refractivity (Wildman–Crippen MR) is 52.9 cm³/mol. The van der Waals surface area contributed by atoms with Gasteiger partial charge in [-0.15, -0.1) is 6.58 Å². The van der Waals surface area contributed by atoms with Gasteiger partial charge in [-0.1, -0.05) is 53.2 Å². The quantitative estimate of drug-likeness (QED) is 0.247. The molecule has 2 nitrogen and oxygen atoms in total. The van der Waals surface area contributed by atoms with Gasteiger partial charge in [-0.3, -0.25) is 0 Å². The molecule has 0 spiro atoms. The van der Waals surface area contributed by atoms with Gasteiger partial charge >= 0.3 is 0 Å². The molecule has 0 aromatic heterocycles. The number of hydrogen-bond donors (Lipinski definition) is 1. The molecule has 0 bridgehead atoms. The smallest absolute Gasteiger partial charge is 0.155 e. The summed E-state index contributed by atoms with van der Waals surface area (Å²) in [6, 6.07) is 0. The van der Waals surface area contributed by atoms with Gasteiger partial charge in [0.05, 0.1) is 5.92 Å². The van der Waals surface area contributed by atoms with Gasteiger partial charge in [-0.2, -0.15) is 0 Å². The van der Waals surface area contributed by atoms with E-state index in [2.05, 4.69) is 18.3 Å². The zero-order chi connectivity index (χ0) is 9.56. The van der Waals surface area contributed by atoms with E-state index < -0.39 is 0 Å². The maximum Gasteiger partial charge on any atom is 0.155 e. The second kappa shape index (κ2) is 5.86. The van der Waals surface area contributed by atoms with Crippen LogP contribution in [0.1, 0.15) is 0 Å². The molecule has 0 saturated heterocycles. The van der Waals surface area contributed by atoms with Crippen molar-refractivity contribution in [3.8, 4) is 0 Å². The Morgan fingerprint density at radius 2 is 2.00 bits per heavy atom. The molecule has 0 heterocycles. The molecule has 0 saturated carbocycles. The number of oxime groups is 1. The second-order valence-electron chi connectivity index (χ2n) is 1.94. The molecular formula is C8H9Cl2NO. The van der Waals surface area contributed by atoms with Crippen molar-refractivity contribution in [1.29, 1.82) is 0 Å². The fourth-order valence-electron chi connectivity index (χ4n) is 0.540. The van der Waals surface area contributed by atoms with Crippen LogP contribution in [-0.2, 0) is 0 Å². The first-order valence-electron chi connectivity index (χ1n) is 3.15. The highest BCUT2D eigenvalue weighted by Crippen LogP contribution is 2.13. The molecule has 0 aliphatic rings. The fraction of sp³-hybridized carbons (Fsp3) is 0.125. The Balaban J connectivity index is 4.58. The summed E-state index contributed by atoms with van der Waals surface area (Å²) in [6.45, 7) is 6.96. The third-order valence-corrected chi connectivity index (χ3v) is 1.77. The Bertz CT molecular complexity index is 233. The molecule has 0 amide bonds. The van der Waals surface area contributed by atoms with Crippen LogP contribution in [0.3, 0.4) is 0 Å². The largest absolute Gasteiger partial charge is 0.410 e. The maximum atomic E-state index is 8.33. The summed E-state index contributed by atoms with van der Waals surface area (Å²) < 4.78 is 0. The van der Waals surface area contributed by atoms with Gasteiger partial charge in [-0.25, -0.2) is 0 Å². The lowest BCUT2D eigenvalue weighted by atomic mass is 10.1. The maximum absolute atomic E-state index is 8.33. The highest BCUT2D eigenvalue weighted by molar-refractivity contribution is 6.66. The van der Waals surface area contributed by atoms with E-state index >= 15 is 0 Å². The summed E-state index contributed by atoms with van der Waals surface area (Å²) in [5.41, 5.74) is 0. The first kappa shape index (κ1) is 11.3. The van der Waals surface area contributed by atoms with Crippen LogP contribution in [0.4, 0.5) is 0 Å². The number of nitrogens with zero attached hydrogens (tertiary/aromatic N) is 1. The summed E-state index contributed by atoms with van der Waals surface area (Å²) in [4.78, 5) is 0. The van der Waals surface area contributed by atoms with Crippen molar-refractivity contribution in [2.75, 3.05) is 0 Å². The first-order chi connectivity index (χ1) is 5.65. The van der Waals surface area contributed by atoms with E-state index in [1.165, 1.54) is 12.2 Å². The van der Waals surface area contributed by atoms with Crippen LogP contribution >= 0.6 is 23.2 Å². The Morgan fingerprint density at radius 3 is 2.33 bits per heavy atom. The van der Waals surface area contributed by atoms with Gasteiger partial charge in [0.1, 0.15) is 0 Å². The van der Waals surface area contributed by atoms with Crippen LogP contribution in [0, 0.1) is 5.92 Å². The third kappa shape index (κ3) is 3.60. The summed E-state index contributed by atoms with van der Waals surface area (Å²) in [5.74, 6) is -0.373. The van der Waals surface area contributed by atoms with Crippen molar-refractivity contribution in [3.05, 3.63) is 36.4 Å². The molecule has 1 atom stereocenters. The second-order valence-corrected chi connectivity index (χ2v) is 2.76. The molecular weight excluding hydrogens is 197 g/mol. The first-order valence-corrected chi connectivity index (χ1v) is 3.91. The summed E-state index contributed by atoms with van der Waals surface area (Å²) >= 11 is 11.2. The van der Waals surface area contributed by atoms with Crippen LogP contribution in [0.5, 0.6) is 0 Å². The fourth-order valence-corrected chi connectivity index (χ4v) is 0.828. The van der Waals surface area contributed by atoms with Crippen LogP contribution in [-0.4, -0.2) is 10.4 Å². The van der Waals surface area contributed by atoms with Crippen molar-refractivity contribution < 1.29 is 5.21 Å². The van der Waals surface area contributed by atoms with Gasteiger partial charge < -0.3 is 5.21 Å². The average molecular weight is 206 g/mol. The van der Waals surface area contributed by atoms with E-state index in [1.807, 2.05) is 0 Å². The van der Waals surface area contributed by atoms with Crippen LogP contribution in [0.2, 0.25) is 0 Å². The van der Waals surface area contributed by atoms with Crippen molar-refractivity contribution in [2.45, 2.75) is 0 Å². The molecule has 0 aromatic rings. The van der Waals surface area contributed by atoms with Gasteiger partial charge in [0.15, 0.2) is 5.17 Å². The predicted octanol–water partition coefficient (Wildman–Crippen LogP) is 3.12. The number of rotatable bonds is 4. The lowest BCUT2D eigenvalue weighted by molar-refractivity contribution is 0.319. The zero-order valence-electron chi connectivity index (χ0n) is 6.37. The van der Waals surface area contributed by atoms with E-state index in [0.29, 0.717) is 5.03 Å². The van der Waals surface area contributed by atoms with Gasteiger partial charge in [0, 0.05) is 5.03 Å². The normalized spacial score (nSPS) is 15.5. The molecule has 0 rings (SSSR count). The number of allylic oxidation sites excluding steroid dienone is 4.